The van der Waals surface area contributed by atoms with E-state index in [0.717, 1.165) is 6.07 Å². The molecule has 0 aliphatic rings. The number of halogens is 1. The van der Waals surface area contributed by atoms with Gasteiger partial charge in [0.05, 0.1) is 12.2 Å². The van der Waals surface area contributed by atoms with Gasteiger partial charge in [-0.3, -0.25) is 9.59 Å². The molecular formula is C12H16FN3O2. The molecular weight excluding hydrogens is 237 g/mol. The number of carbonyl (C=O) groups is 2. The largest absolute Gasteiger partial charge is 0.396 e. The molecule has 0 saturated heterocycles. The summed E-state index contributed by atoms with van der Waals surface area (Å²) < 4.78 is 13.3. The Morgan fingerprint density at radius 1 is 1.44 bits per heavy atom. The lowest BCUT2D eigenvalue weighted by molar-refractivity contribution is -0.121. The molecule has 0 atom stereocenters. The molecule has 1 rings (SSSR count). The number of nitrogen functional groups attached to an aromatic ring is 1. The van der Waals surface area contributed by atoms with Crippen LogP contribution in [0, 0.1) is 5.82 Å². The van der Waals surface area contributed by atoms with E-state index in [0.29, 0.717) is 6.54 Å². The van der Waals surface area contributed by atoms with Gasteiger partial charge in [0.25, 0.3) is 5.91 Å². The van der Waals surface area contributed by atoms with E-state index in [1.54, 1.807) is 6.92 Å². The fourth-order valence-electron chi connectivity index (χ4n) is 1.42. The fraction of sp³-hybridized carbons (Fsp3) is 0.333. The molecule has 0 bridgehead atoms. The number of nitrogens with zero attached hydrogens (tertiary/aromatic N) is 1. The zero-order valence-electron chi connectivity index (χ0n) is 10.4. The standard InChI is InChI=1S/C12H16FN3O2/c1-3-16(7-11(17)15-2)12(18)8-4-5-10(14)9(13)6-8/h4-6H,3,7,14H2,1-2H3,(H,15,17). The summed E-state index contributed by atoms with van der Waals surface area (Å²) in [5.41, 5.74) is 5.50. The van der Waals surface area contributed by atoms with Crippen LogP contribution in [0.2, 0.25) is 0 Å². The highest BCUT2D eigenvalue weighted by Gasteiger charge is 2.17. The van der Waals surface area contributed by atoms with Crippen LogP contribution in [-0.2, 0) is 4.79 Å². The van der Waals surface area contributed by atoms with Crippen LogP contribution in [0.15, 0.2) is 18.2 Å². The first-order chi connectivity index (χ1) is 8.49. The Balaban J connectivity index is 2.89. The molecule has 0 unspecified atom stereocenters. The highest BCUT2D eigenvalue weighted by molar-refractivity contribution is 5.96. The van der Waals surface area contributed by atoms with Crippen LogP contribution in [0.4, 0.5) is 10.1 Å². The number of hydrogen-bond acceptors (Lipinski definition) is 3. The van der Waals surface area contributed by atoms with E-state index in [1.165, 1.54) is 24.1 Å². The van der Waals surface area contributed by atoms with E-state index in [4.69, 9.17) is 5.73 Å². The van der Waals surface area contributed by atoms with E-state index < -0.39 is 11.7 Å². The molecule has 98 valence electrons. The van der Waals surface area contributed by atoms with E-state index in [9.17, 15) is 14.0 Å². The molecule has 0 fully saturated rings. The van der Waals surface area contributed by atoms with Crippen molar-refractivity contribution < 1.29 is 14.0 Å². The van der Waals surface area contributed by atoms with E-state index in [1.807, 2.05) is 0 Å². The summed E-state index contributed by atoms with van der Waals surface area (Å²) in [7, 11) is 1.49. The van der Waals surface area contributed by atoms with E-state index in [-0.39, 0.29) is 23.7 Å². The maximum Gasteiger partial charge on any atom is 0.254 e. The Morgan fingerprint density at radius 2 is 2.11 bits per heavy atom. The van der Waals surface area contributed by atoms with Gasteiger partial charge in [0.1, 0.15) is 5.82 Å². The normalized spacial score (nSPS) is 9.94. The first kappa shape index (κ1) is 14.0. The SMILES string of the molecule is CCN(CC(=O)NC)C(=O)c1ccc(N)c(F)c1. The van der Waals surface area contributed by atoms with Gasteiger partial charge in [0.2, 0.25) is 5.91 Å². The third kappa shape index (κ3) is 3.19. The summed E-state index contributed by atoms with van der Waals surface area (Å²) in [5.74, 6) is -1.32. The van der Waals surface area contributed by atoms with Crippen LogP contribution in [0.3, 0.4) is 0 Å². The first-order valence-corrected chi connectivity index (χ1v) is 5.54. The third-order valence-corrected chi connectivity index (χ3v) is 2.53. The second-order valence-electron chi connectivity index (χ2n) is 3.73. The Hall–Kier alpha value is -2.11. The van der Waals surface area contributed by atoms with Crippen molar-refractivity contribution in [1.29, 1.82) is 0 Å². The van der Waals surface area contributed by atoms with Gasteiger partial charge in [0, 0.05) is 19.2 Å². The number of benzene rings is 1. The molecule has 5 nitrogen and oxygen atoms in total. The number of amides is 2. The van der Waals surface area contributed by atoms with Crippen LogP contribution in [0.1, 0.15) is 17.3 Å². The zero-order chi connectivity index (χ0) is 13.7. The average molecular weight is 253 g/mol. The Kier molecular flexibility index (Phi) is 4.65. The number of likely N-dealkylation sites (N-methyl/N-ethyl adjacent to an activating group) is 2. The molecule has 0 aromatic heterocycles. The van der Waals surface area contributed by atoms with Crippen LogP contribution >= 0.6 is 0 Å². The molecule has 3 N–H and O–H groups in total. The van der Waals surface area contributed by atoms with Gasteiger partial charge in [-0.25, -0.2) is 4.39 Å². The molecule has 1 aromatic rings. The number of nitrogens with two attached hydrogens (primary N) is 1. The minimum Gasteiger partial charge on any atom is -0.396 e. The predicted octanol–water partition coefficient (Wildman–Crippen LogP) is 0.616. The van der Waals surface area contributed by atoms with Crippen molar-refractivity contribution in [1.82, 2.24) is 10.2 Å². The average Bonchev–Trinajstić information content (AvgIpc) is 2.38. The quantitative estimate of drug-likeness (QED) is 0.772. The van der Waals surface area contributed by atoms with Crippen molar-refractivity contribution in [3.63, 3.8) is 0 Å². The highest BCUT2D eigenvalue weighted by atomic mass is 19.1. The van der Waals surface area contributed by atoms with Crippen molar-refractivity contribution in [3.05, 3.63) is 29.6 Å². The van der Waals surface area contributed by atoms with Gasteiger partial charge in [-0.05, 0) is 25.1 Å². The van der Waals surface area contributed by atoms with Crippen LogP contribution in [0.25, 0.3) is 0 Å². The van der Waals surface area contributed by atoms with Crippen molar-refractivity contribution in [2.24, 2.45) is 0 Å². The molecule has 0 spiro atoms. The second kappa shape index (κ2) is 6.00. The molecule has 18 heavy (non-hydrogen) atoms. The van der Waals surface area contributed by atoms with E-state index >= 15 is 0 Å². The number of nitrogens with one attached hydrogen (secondary N) is 1. The number of rotatable bonds is 4. The minimum atomic E-state index is -0.642. The summed E-state index contributed by atoms with van der Waals surface area (Å²) in [5, 5.41) is 2.43. The van der Waals surface area contributed by atoms with Crippen molar-refractivity contribution >= 4 is 17.5 Å². The predicted molar refractivity (Wildman–Crippen MR) is 66.5 cm³/mol. The molecule has 1 aromatic carbocycles. The van der Waals surface area contributed by atoms with Crippen molar-refractivity contribution in [3.8, 4) is 0 Å². The maximum absolute atomic E-state index is 13.3. The molecule has 0 aliphatic carbocycles. The molecule has 0 heterocycles. The molecule has 2 amide bonds. The topological polar surface area (TPSA) is 75.4 Å². The second-order valence-corrected chi connectivity index (χ2v) is 3.73. The van der Waals surface area contributed by atoms with Gasteiger partial charge in [-0.15, -0.1) is 0 Å². The van der Waals surface area contributed by atoms with Gasteiger partial charge < -0.3 is 16.0 Å². The van der Waals surface area contributed by atoms with Crippen molar-refractivity contribution in [2.45, 2.75) is 6.92 Å². The molecule has 6 heteroatoms. The Labute approximate surface area is 105 Å². The summed E-state index contributed by atoms with van der Waals surface area (Å²) >= 11 is 0. The van der Waals surface area contributed by atoms with E-state index in [2.05, 4.69) is 5.32 Å². The van der Waals surface area contributed by atoms with Crippen LogP contribution in [-0.4, -0.2) is 36.9 Å². The lowest BCUT2D eigenvalue weighted by Gasteiger charge is -2.20. The zero-order valence-corrected chi connectivity index (χ0v) is 10.4. The fourth-order valence-corrected chi connectivity index (χ4v) is 1.42. The summed E-state index contributed by atoms with van der Waals surface area (Å²) in [4.78, 5) is 24.6. The number of anilines is 1. The van der Waals surface area contributed by atoms with Gasteiger partial charge in [-0.2, -0.15) is 0 Å². The Bertz CT molecular complexity index is 463. The van der Waals surface area contributed by atoms with Gasteiger partial charge in [-0.1, -0.05) is 0 Å². The molecule has 0 saturated carbocycles. The number of carbonyl (C=O) groups excluding carboxylic acids is 2. The third-order valence-electron chi connectivity index (χ3n) is 2.53. The van der Waals surface area contributed by atoms with Crippen LogP contribution in [0.5, 0.6) is 0 Å². The number of hydrogen-bond donors (Lipinski definition) is 2. The molecule has 0 radical (unpaired) electrons. The smallest absolute Gasteiger partial charge is 0.254 e. The molecule has 0 aliphatic heterocycles. The van der Waals surface area contributed by atoms with Gasteiger partial charge in [0.15, 0.2) is 0 Å². The van der Waals surface area contributed by atoms with Gasteiger partial charge >= 0.3 is 0 Å². The first-order valence-electron chi connectivity index (χ1n) is 5.54. The maximum atomic E-state index is 13.3. The summed E-state index contributed by atoms with van der Waals surface area (Å²) in [6.07, 6.45) is 0. The summed E-state index contributed by atoms with van der Waals surface area (Å²) in [6, 6.07) is 3.84. The monoisotopic (exact) mass is 253 g/mol. The highest BCUT2D eigenvalue weighted by Crippen LogP contribution is 2.13. The lowest BCUT2D eigenvalue weighted by atomic mass is 10.1. The minimum absolute atomic E-state index is 0.0131. The van der Waals surface area contributed by atoms with Crippen molar-refractivity contribution in [2.75, 3.05) is 25.9 Å². The lowest BCUT2D eigenvalue weighted by Crippen LogP contribution is -2.39. The summed E-state index contributed by atoms with van der Waals surface area (Å²) in [6.45, 7) is 2.05. The van der Waals surface area contributed by atoms with Crippen LogP contribution < -0.4 is 11.1 Å². The Morgan fingerprint density at radius 3 is 2.61 bits per heavy atom.